The van der Waals surface area contributed by atoms with Crippen molar-refractivity contribution in [1.82, 2.24) is 9.97 Å². The van der Waals surface area contributed by atoms with E-state index in [-0.39, 0.29) is 29.1 Å². The van der Waals surface area contributed by atoms with Crippen LogP contribution in [0.25, 0.3) is 11.1 Å². The first-order valence-corrected chi connectivity index (χ1v) is 8.08. The molecule has 0 saturated carbocycles. The van der Waals surface area contributed by atoms with Gasteiger partial charge in [-0.15, -0.1) is 0 Å². The molecule has 0 aliphatic carbocycles. The molecule has 1 heterocycles. The normalized spacial score (nSPS) is 10.2. The minimum Gasteiger partial charge on any atom is -0.481 e. The summed E-state index contributed by atoms with van der Waals surface area (Å²) in [6.07, 6.45) is 0. The molecule has 7 nitrogen and oxygen atoms in total. The van der Waals surface area contributed by atoms with Crippen LogP contribution in [0.15, 0.2) is 54.6 Å². The highest BCUT2D eigenvalue weighted by Gasteiger charge is 2.21. The van der Waals surface area contributed by atoms with Crippen LogP contribution in [0.2, 0.25) is 0 Å². The van der Waals surface area contributed by atoms with Gasteiger partial charge in [-0.3, -0.25) is 0 Å². The highest BCUT2D eigenvalue weighted by atomic mass is 16.5. The molecule has 2 aromatic carbocycles. The Balaban J connectivity index is 2.10. The van der Waals surface area contributed by atoms with Crippen molar-refractivity contribution in [2.75, 3.05) is 21.3 Å². The second-order valence-electron chi connectivity index (χ2n) is 5.37. The average Bonchev–Trinajstić information content (AvgIpc) is 2.73. The van der Waals surface area contributed by atoms with Gasteiger partial charge in [-0.05, 0) is 17.2 Å². The number of esters is 1. The predicted octanol–water partition coefficient (Wildman–Crippen LogP) is 3.74. The lowest BCUT2D eigenvalue weighted by Gasteiger charge is -2.14. The van der Waals surface area contributed by atoms with Gasteiger partial charge in [-0.1, -0.05) is 42.5 Å². The quantitative estimate of drug-likeness (QED) is 0.615. The maximum atomic E-state index is 12.5. The molecule has 0 radical (unpaired) electrons. The lowest BCUT2D eigenvalue weighted by Crippen LogP contribution is -2.07. The third kappa shape index (κ3) is 3.98. The van der Waals surface area contributed by atoms with Crippen LogP contribution in [0.4, 0.5) is 0 Å². The zero-order valence-corrected chi connectivity index (χ0v) is 15.1. The van der Waals surface area contributed by atoms with E-state index in [1.807, 2.05) is 36.4 Å². The molecular weight excluding hydrogens is 348 g/mol. The van der Waals surface area contributed by atoms with Crippen LogP contribution in [0.5, 0.6) is 23.5 Å². The first-order chi connectivity index (χ1) is 13.2. The molecule has 0 unspecified atom stereocenters. The van der Waals surface area contributed by atoms with Crippen LogP contribution in [0, 0.1) is 0 Å². The first kappa shape index (κ1) is 18.2. The molecule has 3 rings (SSSR count). The molecule has 0 amide bonds. The van der Waals surface area contributed by atoms with Crippen molar-refractivity contribution in [1.29, 1.82) is 0 Å². The van der Waals surface area contributed by atoms with Gasteiger partial charge in [-0.2, -0.15) is 9.97 Å². The average molecular weight is 366 g/mol. The molecule has 0 saturated heterocycles. The third-order valence-electron chi connectivity index (χ3n) is 3.78. The molecule has 0 spiro atoms. The number of rotatable bonds is 6. The fourth-order valence-electron chi connectivity index (χ4n) is 2.52. The zero-order chi connectivity index (χ0) is 19.2. The van der Waals surface area contributed by atoms with Gasteiger partial charge in [0.2, 0.25) is 11.8 Å². The molecule has 27 heavy (non-hydrogen) atoms. The number of hydrogen-bond donors (Lipinski definition) is 0. The number of carbonyl (C=O) groups is 1. The molecule has 1 aromatic heterocycles. The Bertz CT molecular complexity index is 922. The number of methoxy groups -OCH3 is 3. The minimum atomic E-state index is -0.528. The summed E-state index contributed by atoms with van der Waals surface area (Å²) in [5.41, 5.74) is 1.80. The maximum absolute atomic E-state index is 12.5. The van der Waals surface area contributed by atoms with Gasteiger partial charge in [0.05, 0.1) is 27.4 Å². The summed E-state index contributed by atoms with van der Waals surface area (Å²) in [6.45, 7) is 0. The topological polar surface area (TPSA) is 79.8 Å². The number of aromatic nitrogens is 2. The van der Waals surface area contributed by atoms with Crippen molar-refractivity contribution in [3.05, 3.63) is 60.2 Å². The molecule has 0 fully saturated rings. The van der Waals surface area contributed by atoms with E-state index in [4.69, 9.17) is 18.9 Å². The van der Waals surface area contributed by atoms with E-state index in [2.05, 4.69) is 9.97 Å². The number of benzene rings is 2. The Kier molecular flexibility index (Phi) is 5.51. The summed E-state index contributed by atoms with van der Waals surface area (Å²) in [6, 6.07) is 16.2. The minimum absolute atomic E-state index is 0.0124. The molecule has 0 aliphatic heterocycles. The molecule has 0 atom stereocenters. The van der Waals surface area contributed by atoms with Crippen molar-refractivity contribution in [3.63, 3.8) is 0 Å². The Morgan fingerprint density at radius 1 is 0.852 bits per heavy atom. The predicted molar refractivity (Wildman–Crippen MR) is 98.4 cm³/mol. The van der Waals surface area contributed by atoms with Gasteiger partial charge in [0.25, 0.3) is 0 Å². The highest BCUT2D eigenvalue weighted by Crippen LogP contribution is 2.34. The molecular formula is C20H18N2O5. The fourth-order valence-corrected chi connectivity index (χ4v) is 2.52. The summed E-state index contributed by atoms with van der Waals surface area (Å²) in [5.74, 6) is 0.282. The summed E-state index contributed by atoms with van der Waals surface area (Å²) in [5, 5.41) is 0. The summed E-state index contributed by atoms with van der Waals surface area (Å²) >= 11 is 0. The summed E-state index contributed by atoms with van der Waals surface area (Å²) in [7, 11) is 4.27. The number of nitrogens with zero attached hydrogens (tertiary/aromatic N) is 2. The molecule has 0 N–H and O–H groups in total. The Hall–Kier alpha value is -3.61. The van der Waals surface area contributed by atoms with Crippen LogP contribution in [-0.2, 0) is 4.74 Å². The smallest absolute Gasteiger partial charge is 0.342 e. The molecule has 0 bridgehead atoms. The SMILES string of the molecule is COC(=O)c1c(Oc2nc(OC)cc(OC)n2)cccc1-c1ccccc1. The lowest BCUT2D eigenvalue weighted by molar-refractivity contribution is 0.0598. The fraction of sp³-hybridized carbons (Fsp3) is 0.150. The van der Waals surface area contributed by atoms with Crippen LogP contribution in [-0.4, -0.2) is 37.3 Å². The van der Waals surface area contributed by atoms with E-state index in [0.29, 0.717) is 5.56 Å². The van der Waals surface area contributed by atoms with Gasteiger partial charge in [0.15, 0.2) is 0 Å². The van der Waals surface area contributed by atoms with Crippen molar-refractivity contribution in [2.24, 2.45) is 0 Å². The molecule has 138 valence electrons. The van der Waals surface area contributed by atoms with Gasteiger partial charge in [-0.25, -0.2) is 4.79 Å². The van der Waals surface area contributed by atoms with Crippen LogP contribution in [0.1, 0.15) is 10.4 Å². The van der Waals surface area contributed by atoms with E-state index in [1.165, 1.54) is 27.4 Å². The Labute approximate surface area is 156 Å². The van der Waals surface area contributed by atoms with Gasteiger partial charge in [0.1, 0.15) is 11.3 Å². The van der Waals surface area contributed by atoms with Gasteiger partial charge < -0.3 is 18.9 Å². The molecule has 0 aliphatic rings. The monoisotopic (exact) mass is 366 g/mol. The third-order valence-corrected chi connectivity index (χ3v) is 3.78. The number of carbonyl (C=O) groups excluding carboxylic acids is 1. The highest BCUT2D eigenvalue weighted by molar-refractivity contribution is 6.00. The second-order valence-corrected chi connectivity index (χ2v) is 5.37. The van der Waals surface area contributed by atoms with Crippen molar-refractivity contribution in [2.45, 2.75) is 0 Å². The summed E-state index contributed by atoms with van der Waals surface area (Å²) < 4.78 is 21.0. The van der Waals surface area contributed by atoms with E-state index >= 15 is 0 Å². The van der Waals surface area contributed by atoms with Crippen LogP contribution in [0.3, 0.4) is 0 Å². The number of ether oxygens (including phenoxy) is 4. The van der Waals surface area contributed by atoms with Crippen molar-refractivity contribution < 1.29 is 23.7 Å². The lowest BCUT2D eigenvalue weighted by atomic mass is 9.99. The zero-order valence-electron chi connectivity index (χ0n) is 15.1. The van der Waals surface area contributed by atoms with Gasteiger partial charge in [0, 0.05) is 0 Å². The number of hydrogen-bond acceptors (Lipinski definition) is 7. The first-order valence-electron chi connectivity index (χ1n) is 8.08. The van der Waals surface area contributed by atoms with E-state index in [0.717, 1.165) is 5.56 Å². The molecule has 7 heteroatoms. The molecule has 3 aromatic rings. The van der Waals surface area contributed by atoms with Crippen molar-refractivity contribution >= 4 is 5.97 Å². The largest absolute Gasteiger partial charge is 0.481 e. The van der Waals surface area contributed by atoms with Crippen LogP contribution < -0.4 is 14.2 Å². The van der Waals surface area contributed by atoms with Crippen molar-refractivity contribution in [3.8, 4) is 34.6 Å². The van der Waals surface area contributed by atoms with Crippen LogP contribution >= 0.6 is 0 Å². The Morgan fingerprint density at radius 3 is 2.11 bits per heavy atom. The van der Waals surface area contributed by atoms with Gasteiger partial charge >= 0.3 is 12.0 Å². The van der Waals surface area contributed by atoms with E-state index < -0.39 is 5.97 Å². The van der Waals surface area contributed by atoms with E-state index in [1.54, 1.807) is 12.1 Å². The second kappa shape index (κ2) is 8.18. The Morgan fingerprint density at radius 2 is 1.52 bits per heavy atom. The van der Waals surface area contributed by atoms with E-state index in [9.17, 15) is 4.79 Å². The summed E-state index contributed by atoms with van der Waals surface area (Å²) in [4.78, 5) is 20.7. The maximum Gasteiger partial charge on any atom is 0.342 e. The standard InChI is InChI=1S/C20H18N2O5/c1-24-16-12-17(25-2)22-20(21-16)27-15-11-7-10-14(18(15)19(23)26-3)13-8-5-4-6-9-13/h4-12H,1-3H3.